The van der Waals surface area contributed by atoms with Gasteiger partial charge < -0.3 is 0 Å². The molecule has 2 nitrogen and oxygen atoms in total. The summed E-state index contributed by atoms with van der Waals surface area (Å²) in [7, 11) is 0. The third kappa shape index (κ3) is 4.49. The lowest BCUT2D eigenvalue weighted by Crippen LogP contribution is -2.47. The van der Waals surface area contributed by atoms with Crippen LogP contribution in [0.25, 0.3) is 0 Å². The van der Waals surface area contributed by atoms with E-state index >= 15 is 0 Å². The van der Waals surface area contributed by atoms with E-state index in [2.05, 4.69) is 25.2 Å². The van der Waals surface area contributed by atoms with E-state index in [1.807, 2.05) is 0 Å². The predicted octanol–water partition coefficient (Wildman–Crippen LogP) is 3.64. The average Bonchev–Trinajstić information content (AvgIpc) is 2.48. The van der Waals surface area contributed by atoms with Crippen molar-refractivity contribution >= 4 is 0 Å². The highest BCUT2D eigenvalue weighted by atomic mass is 19.4. The van der Waals surface area contributed by atoms with Gasteiger partial charge in [-0.2, -0.15) is 18.4 Å². The standard InChI is InChI=1S/C13H21F3N2/c1-10(2)11-4-3-6-12(8-17,7-5-11)18-9-13(14,15)16/h10-11,18H,3-7,9H2,1-2H3. The normalized spacial score (nSPS) is 29.9. The Bertz CT molecular complexity index is 306. The van der Waals surface area contributed by atoms with Crippen molar-refractivity contribution in [2.24, 2.45) is 11.8 Å². The lowest BCUT2D eigenvalue weighted by atomic mass is 9.87. The Morgan fingerprint density at radius 2 is 2.00 bits per heavy atom. The molecule has 0 radical (unpaired) electrons. The Kier molecular flexibility index (Phi) is 5.03. The van der Waals surface area contributed by atoms with E-state index in [1.165, 1.54) is 0 Å². The molecule has 0 aliphatic heterocycles. The molecule has 0 saturated heterocycles. The predicted molar refractivity (Wildman–Crippen MR) is 63.8 cm³/mol. The van der Waals surface area contributed by atoms with E-state index in [0.717, 1.165) is 19.3 Å². The van der Waals surface area contributed by atoms with Gasteiger partial charge in [-0.05, 0) is 31.1 Å². The molecule has 0 heterocycles. The monoisotopic (exact) mass is 262 g/mol. The molecule has 1 aliphatic carbocycles. The molecule has 1 fully saturated rings. The number of nitriles is 1. The molecule has 0 bridgehead atoms. The maximum atomic E-state index is 12.3. The summed E-state index contributed by atoms with van der Waals surface area (Å²) in [5.74, 6) is 1.05. The van der Waals surface area contributed by atoms with Gasteiger partial charge in [-0.1, -0.05) is 26.7 Å². The zero-order chi connectivity index (χ0) is 13.8. The van der Waals surface area contributed by atoms with Gasteiger partial charge in [0, 0.05) is 0 Å². The summed E-state index contributed by atoms with van der Waals surface area (Å²) in [6.07, 6.45) is -0.565. The summed E-state index contributed by atoms with van der Waals surface area (Å²) in [6.45, 7) is 3.19. The second-order valence-electron chi connectivity index (χ2n) is 5.60. The average molecular weight is 262 g/mol. The Balaban J connectivity index is 2.63. The molecule has 2 unspecified atom stereocenters. The minimum absolute atomic E-state index is 0.516. The van der Waals surface area contributed by atoms with Crippen molar-refractivity contribution < 1.29 is 13.2 Å². The molecule has 0 aromatic heterocycles. The largest absolute Gasteiger partial charge is 0.401 e. The summed E-state index contributed by atoms with van der Waals surface area (Å²) < 4.78 is 36.8. The fourth-order valence-electron chi connectivity index (χ4n) is 2.63. The van der Waals surface area contributed by atoms with Gasteiger partial charge >= 0.3 is 6.18 Å². The summed E-state index contributed by atoms with van der Waals surface area (Å²) in [5.41, 5.74) is -0.987. The fourth-order valence-corrected chi connectivity index (χ4v) is 2.63. The van der Waals surface area contributed by atoms with Crippen LogP contribution in [0.4, 0.5) is 13.2 Å². The van der Waals surface area contributed by atoms with Crippen molar-refractivity contribution in [3.63, 3.8) is 0 Å². The Morgan fingerprint density at radius 3 is 2.50 bits per heavy atom. The second-order valence-corrected chi connectivity index (χ2v) is 5.60. The fraction of sp³-hybridized carbons (Fsp3) is 0.923. The van der Waals surface area contributed by atoms with E-state index in [1.54, 1.807) is 0 Å². The minimum Gasteiger partial charge on any atom is -0.291 e. The van der Waals surface area contributed by atoms with Gasteiger partial charge in [-0.15, -0.1) is 0 Å². The lowest BCUT2D eigenvalue weighted by molar-refractivity contribution is -0.127. The highest BCUT2D eigenvalue weighted by Gasteiger charge is 2.37. The van der Waals surface area contributed by atoms with Crippen LogP contribution in [0.15, 0.2) is 0 Å². The van der Waals surface area contributed by atoms with Gasteiger partial charge in [0.2, 0.25) is 0 Å². The van der Waals surface area contributed by atoms with Crippen molar-refractivity contribution in [2.45, 2.75) is 57.7 Å². The topological polar surface area (TPSA) is 35.8 Å². The first-order valence-electron chi connectivity index (χ1n) is 6.51. The van der Waals surface area contributed by atoms with Gasteiger partial charge in [-0.3, -0.25) is 5.32 Å². The molecule has 0 aromatic rings. The SMILES string of the molecule is CC(C)C1CCCC(C#N)(NCC(F)(F)F)CC1. The van der Waals surface area contributed by atoms with Crippen LogP contribution >= 0.6 is 0 Å². The van der Waals surface area contributed by atoms with E-state index in [-0.39, 0.29) is 0 Å². The first kappa shape index (κ1) is 15.3. The molecule has 104 valence electrons. The molecule has 1 aliphatic rings. The van der Waals surface area contributed by atoms with Crippen molar-refractivity contribution in [1.29, 1.82) is 5.26 Å². The first-order valence-corrected chi connectivity index (χ1v) is 6.51. The highest BCUT2D eigenvalue weighted by Crippen LogP contribution is 2.34. The molecular weight excluding hydrogens is 241 g/mol. The molecule has 0 aromatic carbocycles. The van der Waals surface area contributed by atoms with Gasteiger partial charge in [-0.25, -0.2) is 0 Å². The maximum absolute atomic E-state index is 12.3. The Labute approximate surface area is 107 Å². The highest BCUT2D eigenvalue weighted by molar-refractivity contribution is 5.08. The van der Waals surface area contributed by atoms with Crippen LogP contribution in [0.2, 0.25) is 0 Å². The lowest BCUT2D eigenvalue weighted by Gasteiger charge is -2.27. The third-order valence-electron chi connectivity index (χ3n) is 3.90. The Morgan fingerprint density at radius 1 is 1.33 bits per heavy atom. The van der Waals surface area contributed by atoms with E-state index < -0.39 is 18.3 Å². The van der Waals surface area contributed by atoms with Gasteiger partial charge in [0.25, 0.3) is 0 Å². The quantitative estimate of drug-likeness (QED) is 0.788. The molecule has 2 atom stereocenters. The summed E-state index contributed by atoms with van der Waals surface area (Å²) in [6, 6.07) is 2.08. The number of nitrogens with zero attached hydrogens (tertiary/aromatic N) is 1. The molecular formula is C13H21F3N2. The van der Waals surface area contributed by atoms with Crippen LogP contribution in [0, 0.1) is 23.2 Å². The van der Waals surface area contributed by atoms with Crippen molar-refractivity contribution in [3.8, 4) is 6.07 Å². The maximum Gasteiger partial charge on any atom is 0.401 e. The summed E-state index contributed by atoms with van der Waals surface area (Å²) in [5, 5.41) is 11.6. The molecule has 0 spiro atoms. The number of rotatable bonds is 3. The molecule has 1 saturated carbocycles. The zero-order valence-corrected chi connectivity index (χ0v) is 11.0. The summed E-state index contributed by atoms with van der Waals surface area (Å²) >= 11 is 0. The van der Waals surface area contributed by atoms with E-state index in [4.69, 9.17) is 0 Å². The summed E-state index contributed by atoms with van der Waals surface area (Å²) in [4.78, 5) is 0. The van der Waals surface area contributed by atoms with E-state index in [0.29, 0.717) is 24.7 Å². The number of nitrogens with one attached hydrogen (secondary N) is 1. The zero-order valence-electron chi connectivity index (χ0n) is 11.0. The second kappa shape index (κ2) is 5.92. The molecule has 1 N–H and O–H groups in total. The Hall–Kier alpha value is -0.760. The molecule has 1 rings (SSSR count). The number of hydrogen-bond donors (Lipinski definition) is 1. The third-order valence-corrected chi connectivity index (χ3v) is 3.90. The molecule has 0 amide bonds. The number of halogens is 3. The molecule has 18 heavy (non-hydrogen) atoms. The van der Waals surface area contributed by atoms with Crippen LogP contribution in [0.1, 0.15) is 46.0 Å². The van der Waals surface area contributed by atoms with Crippen LogP contribution in [-0.4, -0.2) is 18.3 Å². The van der Waals surface area contributed by atoms with Gasteiger partial charge in [0.1, 0.15) is 5.54 Å². The first-order chi connectivity index (χ1) is 8.28. The number of hydrogen-bond acceptors (Lipinski definition) is 2. The van der Waals surface area contributed by atoms with Crippen LogP contribution in [-0.2, 0) is 0 Å². The molecule has 5 heteroatoms. The van der Waals surface area contributed by atoms with Crippen molar-refractivity contribution in [3.05, 3.63) is 0 Å². The van der Waals surface area contributed by atoms with Crippen molar-refractivity contribution in [2.75, 3.05) is 6.54 Å². The minimum atomic E-state index is -4.26. The van der Waals surface area contributed by atoms with Crippen LogP contribution < -0.4 is 5.32 Å². The van der Waals surface area contributed by atoms with Gasteiger partial charge in [0.05, 0.1) is 12.6 Å². The van der Waals surface area contributed by atoms with Crippen LogP contribution in [0.5, 0.6) is 0 Å². The number of alkyl halides is 3. The van der Waals surface area contributed by atoms with E-state index in [9.17, 15) is 18.4 Å². The van der Waals surface area contributed by atoms with Gasteiger partial charge in [0.15, 0.2) is 0 Å². The smallest absolute Gasteiger partial charge is 0.291 e. The van der Waals surface area contributed by atoms with Crippen LogP contribution in [0.3, 0.4) is 0 Å². The van der Waals surface area contributed by atoms with Crippen molar-refractivity contribution in [1.82, 2.24) is 5.32 Å².